The van der Waals surface area contributed by atoms with Crippen molar-refractivity contribution in [3.63, 3.8) is 0 Å². The van der Waals surface area contributed by atoms with Crippen LogP contribution in [0.2, 0.25) is 0 Å². The number of hydrogen-bond acceptors (Lipinski definition) is 2. The van der Waals surface area contributed by atoms with Crippen LogP contribution in [-0.4, -0.2) is 0 Å². The number of para-hydroxylation sites is 1. The molecule has 0 N–H and O–H groups in total. The van der Waals surface area contributed by atoms with Crippen molar-refractivity contribution in [1.82, 2.24) is 0 Å². The molecular weight excluding hydrogens is 355 g/mol. The molecule has 0 unspecified atom stereocenters. The molecule has 2 aromatic carbocycles. The molecule has 1 nitrogen and oxygen atoms in total. The second-order valence-electron chi connectivity index (χ2n) is 7.59. The van der Waals surface area contributed by atoms with E-state index < -0.39 is 0 Å². The van der Waals surface area contributed by atoms with Gasteiger partial charge in [0.1, 0.15) is 5.75 Å². The Morgan fingerprint density at radius 1 is 1.00 bits per heavy atom. The number of halogens is 1. The van der Waals surface area contributed by atoms with Crippen LogP contribution in [0.5, 0.6) is 11.5 Å². The molecule has 0 saturated carbocycles. The lowest BCUT2D eigenvalue weighted by atomic mass is 9.84. The zero-order chi connectivity index (χ0) is 19.3. The Hall–Kier alpha value is -2.13. The van der Waals surface area contributed by atoms with Gasteiger partial charge in [-0.15, -0.1) is 11.3 Å². The minimum absolute atomic E-state index is 0.168. The van der Waals surface area contributed by atoms with Crippen LogP contribution in [0.25, 0.3) is 0 Å². The maximum absolute atomic E-state index is 14.1. The maximum atomic E-state index is 14.1. The summed E-state index contributed by atoms with van der Waals surface area (Å²) in [5, 5.41) is 2.27. The summed E-state index contributed by atoms with van der Waals surface area (Å²) in [4.78, 5) is 1.45. The molecule has 0 atom stereocenters. The highest BCUT2D eigenvalue weighted by Gasteiger charge is 2.22. The summed E-state index contributed by atoms with van der Waals surface area (Å²) < 4.78 is 19.8. The second-order valence-corrected chi connectivity index (χ2v) is 8.50. The lowest BCUT2D eigenvalue weighted by Crippen LogP contribution is -2.15. The molecule has 1 aromatic heterocycles. The standard InChI is InChI=1S/C24H27FOS/c1-4-18-16-23(27-17-18)24(2,3)14-8-9-19-12-13-21(25)22(15-19)26-20-10-6-5-7-11-20/h5-7,10-13,15-17H,4,8-9,14H2,1-3H3. The first-order valence-electron chi connectivity index (χ1n) is 9.57. The average Bonchev–Trinajstić information content (AvgIpc) is 3.15. The first-order valence-corrected chi connectivity index (χ1v) is 10.4. The fourth-order valence-electron chi connectivity index (χ4n) is 3.17. The van der Waals surface area contributed by atoms with Gasteiger partial charge in [-0.3, -0.25) is 0 Å². The minimum atomic E-state index is -0.325. The first-order chi connectivity index (χ1) is 13.0. The van der Waals surface area contributed by atoms with E-state index in [0.717, 1.165) is 31.2 Å². The van der Waals surface area contributed by atoms with Gasteiger partial charge in [0.15, 0.2) is 11.6 Å². The second kappa shape index (κ2) is 8.71. The fourth-order valence-corrected chi connectivity index (χ4v) is 4.32. The third-order valence-corrected chi connectivity index (χ3v) is 6.31. The van der Waals surface area contributed by atoms with Gasteiger partial charge in [0.2, 0.25) is 0 Å². The van der Waals surface area contributed by atoms with Crippen LogP contribution in [0.3, 0.4) is 0 Å². The number of thiophene rings is 1. The van der Waals surface area contributed by atoms with Gasteiger partial charge in [-0.05, 0) is 77.9 Å². The van der Waals surface area contributed by atoms with Crippen LogP contribution in [0.1, 0.15) is 49.6 Å². The summed E-state index contributed by atoms with van der Waals surface area (Å²) in [5.41, 5.74) is 2.70. The highest BCUT2D eigenvalue weighted by molar-refractivity contribution is 7.10. The van der Waals surface area contributed by atoms with Gasteiger partial charge < -0.3 is 4.74 Å². The molecule has 0 radical (unpaired) electrons. The zero-order valence-electron chi connectivity index (χ0n) is 16.3. The number of aryl methyl sites for hydroxylation is 2. The van der Waals surface area contributed by atoms with E-state index in [1.807, 2.05) is 53.8 Å². The smallest absolute Gasteiger partial charge is 0.165 e. The molecule has 3 rings (SSSR count). The van der Waals surface area contributed by atoms with Crippen molar-refractivity contribution >= 4 is 11.3 Å². The highest BCUT2D eigenvalue weighted by atomic mass is 32.1. The number of hydrogen-bond donors (Lipinski definition) is 0. The summed E-state index contributed by atoms with van der Waals surface area (Å²) in [6.07, 6.45) is 4.17. The minimum Gasteiger partial charge on any atom is -0.454 e. The molecule has 0 bridgehead atoms. The molecule has 0 spiro atoms. The normalized spacial score (nSPS) is 11.6. The summed E-state index contributed by atoms with van der Waals surface area (Å²) >= 11 is 1.86. The van der Waals surface area contributed by atoms with Gasteiger partial charge in [-0.2, -0.15) is 0 Å². The molecule has 0 aliphatic carbocycles. The Labute approximate surface area is 165 Å². The SMILES string of the molecule is CCc1csc(C(C)(C)CCCc2ccc(F)c(Oc3ccccc3)c2)c1. The molecule has 3 heteroatoms. The van der Waals surface area contributed by atoms with E-state index >= 15 is 0 Å². The average molecular weight is 383 g/mol. The van der Waals surface area contributed by atoms with E-state index in [1.54, 1.807) is 0 Å². The number of rotatable bonds is 8. The van der Waals surface area contributed by atoms with Crippen LogP contribution >= 0.6 is 11.3 Å². The van der Waals surface area contributed by atoms with Crippen LogP contribution in [0.15, 0.2) is 60.0 Å². The van der Waals surface area contributed by atoms with E-state index in [1.165, 1.54) is 16.5 Å². The Morgan fingerprint density at radius 2 is 1.78 bits per heavy atom. The predicted molar refractivity (Wildman–Crippen MR) is 113 cm³/mol. The Morgan fingerprint density at radius 3 is 2.48 bits per heavy atom. The van der Waals surface area contributed by atoms with Crippen molar-refractivity contribution in [3.8, 4) is 11.5 Å². The van der Waals surface area contributed by atoms with Gasteiger partial charge in [0.05, 0.1) is 0 Å². The molecular formula is C24H27FOS. The van der Waals surface area contributed by atoms with E-state index in [2.05, 4.69) is 32.2 Å². The van der Waals surface area contributed by atoms with Crippen LogP contribution in [0.4, 0.5) is 4.39 Å². The predicted octanol–water partition coefficient (Wildman–Crippen LogP) is 7.54. The lowest BCUT2D eigenvalue weighted by molar-refractivity contribution is 0.440. The topological polar surface area (TPSA) is 9.23 Å². The molecule has 0 aliphatic rings. The Bertz CT molecular complexity index is 867. The van der Waals surface area contributed by atoms with Crippen molar-refractivity contribution < 1.29 is 9.13 Å². The maximum Gasteiger partial charge on any atom is 0.165 e. The molecule has 3 aromatic rings. The van der Waals surface area contributed by atoms with Crippen LogP contribution in [0, 0.1) is 5.82 Å². The monoisotopic (exact) mass is 382 g/mol. The van der Waals surface area contributed by atoms with Crippen molar-refractivity contribution in [1.29, 1.82) is 0 Å². The summed E-state index contributed by atoms with van der Waals surface area (Å²) in [6, 6.07) is 16.9. The van der Waals surface area contributed by atoms with E-state index in [4.69, 9.17) is 4.74 Å². The van der Waals surface area contributed by atoms with E-state index in [-0.39, 0.29) is 11.2 Å². The highest BCUT2D eigenvalue weighted by Crippen LogP contribution is 2.34. The van der Waals surface area contributed by atoms with E-state index in [0.29, 0.717) is 11.5 Å². The van der Waals surface area contributed by atoms with Crippen molar-refractivity contribution in [2.24, 2.45) is 0 Å². The van der Waals surface area contributed by atoms with Crippen LogP contribution < -0.4 is 4.74 Å². The lowest BCUT2D eigenvalue weighted by Gasteiger charge is -2.23. The van der Waals surface area contributed by atoms with Gasteiger partial charge in [0, 0.05) is 4.88 Å². The molecule has 0 fully saturated rings. The molecule has 142 valence electrons. The Kier molecular flexibility index (Phi) is 6.33. The number of benzene rings is 2. The van der Waals surface area contributed by atoms with Gasteiger partial charge >= 0.3 is 0 Å². The molecule has 0 aliphatic heterocycles. The van der Waals surface area contributed by atoms with Crippen molar-refractivity contribution in [2.75, 3.05) is 0 Å². The van der Waals surface area contributed by atoms with Gasteiger partial charge in [0.25, 0.3) is 0 Å². The fraction of sp³-hybridized carbons (Fsp3) is 0.333. The zero-order valence-corrected chi connectivity index (χ0v) is 17.1. The van der Waals surface area contributed by atoms with Gasteiger partial charge in [-0.25, -0.2) is 4.39 Å². The largest absolute Gasteiger partial charge is 0.454 e. The summed E-state index contributed by atoms with van der Waals surface area (Å²) in [7, 11) is 0. The quantitative estimate of drug-likeness (QED) is 0.391. The first kappa shape index (κ1) is 19.6. The van der Waals surface area contributed by atoms with Crippen LogP contribution in [-0.2, 0) is 18.3 Å². The summed E-state index contributed by atoms with van der Waals surface area (Å²) in [5.74, 6) is 0.622. The molecule has 0 amide bonds. The van der Waals surface area contributed by atoms with Crippen molar-refractivity contribution in [3.05, 3.63) is 81.8 Å². The van der Waals surface area contributed by atoms with Crippen molar-refractivity contribution in [2.45, 2.75) is 51.9 Å². The Balaban J connectivity index is 1.61. The van der Waals surface area contributed by atoms with Gasteiger partial charge in [-0.1, -0.05) is 45.0 Å². The van der Waals surface area contributed by atoms with E-state index in [9.17, 15) is 4.39 Å². The number of ether oxygens (including phenoxy) is 1. The molecule has 1 heterocycles. The summed E-state index contributed by atoms with van der Waals surface area (Å²) in [6.45, 7) is 6.82. The third-order valence-electron chi connectivity index (χ3n) is 4.96. The molecule has 27 heavy (non-hydrogen) atoms. The molecule has 0 saturated heterocycles. The third kappa shape index (κ3) is 5.20.